The first-order valence-corrected chi connectivity index (χ1v) is 13.5. The van der Waals surface area contributed by atoms with Crippen molar-refractivity contribution in [1.82, 2.24) is 20.2 Å². The number of nitrogens with one attached hydrogen (secondary N) is 3. The van der Waals surface area contributed by atoms with Crippen molar-refractivity contribution in [3.63, 3.8) is 0 Å². The van der Waals surface area contributed by atoms with E-state index in [-0.39, 0.29) is 5.91 Å². The van der Waals surface area contributed by atoms with Gasteiger partial charge in [-0.2, -0.15) is 4.98 Å². The normalized spacial score (nSPS) is 15.8. The molecule has 2 aliphatic heterocycles. The van der Waals surface area contributed by atoms with Crippen molar-refractivity contribution in [2.24, 2.45) is 4.99 Å². The van der Waals surface area contributed by atoms with Crippen LogP contribution in [-0.2, 0) is 16.1 Å². The van der Waals surface area contributed by atoms with Crippen LogP contribution < -0.4 is 16.0 Å². The second-order valence-corrected chi connectivity index (χ2v) is 10.5. The lowest BCUT2D eigenvalue weighted by atomic mass is 10.1. The summed E-state index contributed by atoms with van der Waals surface area (Å²) in [6.45, 7) is 9.91. The zero-order chi connectivity index (χ0) is 27.8. The standard InChI is InChI=1S/C29H37N7O3/c1-5-31-25-21(19-33-27(35-25)34-23-13-12-20-17-30-18-22(20)16-23)10-7-6-8-14-32-26(37)24-11-9-15-36(24)28(38)39-29(2,3)4/h12-13,16,18-19,24H,5-6,8-9,11,14-15,17H2,1-4H3,(H,32,37)(H2,31,33,34,35)/t24-/m0/s1. The van der Waals surface area contributed by atoms with Gasteiger partial charge in [0.15, 0.2) is 0 Å². The van der Waals surface area contributed by atoms with Crippen molar-refractivity contribution >= 4 is 35.7 Å². The van der Waals surface area contributed by atoms with Gasteiger partial charge >= 0.3 is 6.09 Å². The van der Waals surface area contributed by atoms with Gasteiger partial charge in [-0.3, -0.25) is 14.7 Å². The minimum absolute atomic E-state index is 0.145. The Hall–Kier alpha value is -4.13. The summed E-state index contributed by atoms with van der Waals surface area (Å²) in [5.74, 6) is 7.31. The van der Waals surface area contributed by atoms with Crippen LogP contribution >= 0.6 is 0 Å². The van der Waals surface area contributed by atoms with Crippen molar-refractivity contribution in [3.8, 4) is 11.8 Å². The molecule has 0 radical (unpaired) electrons. The maximum absolute atomic E-state index is 12.7. The molecule has 4 rings (SSSR count). The Kier molecular flexibility index (Phi) is 9.02. The molecule has 0 unspecified atom stereocenters. The maximum atomic E-state index is 12.7. The highest BCUT2D eigenvalue weighted by Crippen LogP contribution is 2.23. The highest BCUT2D eigenvalue weighted by atomic mass is 16.6. The highest BCUT2D eigenvalue weighted by Gasteiger charge is 2.36. The third-order valence-electron chi connectivity index (χ3n) is 6.21. The lowest BCUT2D eigenvalue weighted by Crippen LogP contribution is -2.47. The molecule has 3 N–H and O–H groups in total. The molecule has 39 heavy (non-hydrogen) atoms. The number of fused-ring (bicyclic) bond motifs is 1. The summed E-state index contributed by atoms with van der Waals surface area (Å²) in [6, 6.07) is 5.61. The Morgan fingerprint density at radius 3 is 2.90 bits per heavy atom. The van der Waals surface area contributed by atoms with Crippen molar-refractivity contribution in [1.29, 1.82) is 0 Å². The summed E-state index contributed by atoms with van der Waals surface area (Å²) < 4.78 is 5.45. The number of carbonyl (C=O) groups is 2. The first-order chi connectivity index (χ1) is 18.7. The Balaban J connectivity index is 1.27. The van der Waals surface area contributed by atoms with Gasteiger partial charge in [0.2, 0.25) is 11.9 Å². The average molecular weight is 532 g/mol. The third-order valence-corrected chi connectivity index (χ3v) is 6.21. The minimum atomic E-state index is -0.592. The fourth-order valence-corrected chi connectivity index (χ4v) is 4.39. The van der Waals surface area contributed by atoms with Gasteiger partial charge in [-0.05, 0) is 70.2 Å². The maximum Gasteiger partial charge on any atom is 0.410 e. The molecule has 1 atom stereocenters. The second-order valence-electron chi connectivity index (χ2n) is 10.5. The van der Waals surface area contributed by atoms with Gasteiger partial charge in [0.1, 0.15) is 17.5 Å². The number of anilines is 3. The number of ether oxygens (including phenoxy) is 1. The van der Waals surface area contributed by atoms with Crippen LogP contribution in [0.1, 0.15) is 70.1 Å². The van der Waals surface area contributed by atoms with E-state index in [4.69, 9.17) is 4.74 Å². The van der Waals surface area contributed by atoms with Crippen LogP contribution in [0.5, 0.6) is 0 Å². The van der Waals surface area contributed by atoms with Crippen molar-refractivity contribution in [3.05, 3.63) is 41.1 Å². The molecule has 1 saturated heterocycles. The van der Waals surface area contributed by atoms with E-state index in [9.17, 15) is 9.59 Å². The predicted molar refractivity (Wildman–Crippen MR) is 152 cm³/mol. The first kappa shape index (κ1) is 27.9. The van der Waals surface area contributed by atoms with Gasteiger partial charge in [-0.15, -0.1) is 0 Å². The Bertz CT molecular complexity index is 1290. The number of unbranched alkanes of at least 4 members (excludes halogenated alkanes) is 1. The van der Waals surface area contributed by atoms with E-state index in [1.165, 1.54) is 10.5 Å². The van der Waals surface area contributed by atoms with E-state index in [2.05, 4.69) is 48.8 Å². The van der Waals surface area contributed by atoms with Gasteiger partial charge < -0.3 is 20.7 Å². The number of rotatable bonds is 8. The third kappa shape index (κ3) is 7.69. The molecule has 0 bridgehead atoms. The summed E-state index contributed by atoms with van der Waals surface area (Å²) >= 11 is 0. The molecular formula is C29H37N7O3. The molecule has 0 aliphatic carbocycles. The van der Waals surface area contributed by atoms with E-state index in [0.29, 0.717) is 56.2 Å². The molecule has 1 aromatic carbocycles. The summed E-state index contributed by atoms with van der Waals surface area (Å²) in [4.78, 5) is 40.0. The number of hydrogen-bond donors (Lipinski definition) is 3. The number of nitrogens with zero attached hydrogens (tertiary/aromatic N) is 4. The number of hydrogen-bond acceptors (Lipinski definition) is 8. The number of aromatic nitrogens is 2. The number of carbonyl (C=O) groups excluding carboxylic acids is 2. The van der Waals surface area contributed by atoms with E-state index >= 15 is 0 Å². The van der Waals surface area contributed by atoms with Gasteiger partial charge in [0.05, 0.1) is 18.3 Å². The van der Waals surface area contributed by atoms with Crippen LogP contribution in [0.2, 0.25) is 0 Å². The van der Waals surface area contributed by atoms with Gasteiger partial charge in [-0.1, -0.05) is 17.9 Å². The van der Waals surface area contributed by atoms with E-state index in [1.807, 2.05) is 46.0 Å². The number of aliphatic imine (C=N–C) groups is 1. The molecule has 1 aromatic heterocycles. The number of likely N-dealkylation sites (tertiary alicyclic amines) is 1. The van der Waals surface area contributed by atoms with Crippen molar-refractivity contribution in [2.45, 2.75) is 71.6 Å². The van der Waals surface area contributed by atoms with Crippen LogP contribution in [-0.4, -0.2) is 64.4 Å². The first-order valence-electron chi connectivity index (χ1n) is 13.5. The lowest BCUT2D eigenvalue weighted by molar-refractivity contribution is -0.125. The topological polar surface area (TPSA) is 121 Å². The largest absolute Gasteiger partial charge is 0.444 e. The van der Waals surface area contributed by atoms with Gasteiger partial charge in [0.25, 0.3) is 0 Å². The zero-order valence-electron chi connectivity index (χ0n) is 23.1. The Morgan fingerprint density at radius 1 is 1.26 bits per heavy atom. The number of benzene rings is 1. The molecule has 3 heterocycles. The summed E-state index contributed by atoms with van der Waals surface area (Å²) in [7, 11) is 0. The average Bonchev–Trinajstić information content (AvgIpc) is 3.56. The van der Waals surface area contributed by atoms with Crippen molar-refractivity contribution in [2.75, 3.05) is 30.3 Å². The van der Waals surface area contributed by atoms with Gasteiger partial charge in [-0.25, -0.2) is 9.78 Å². The molecule has 0 spiro atoms. The van der Waals surface area contributed by atoms with Crippen molar-refractivity contribution < 1.29 is 14.3 Å². The minimum Gasteiger partial charge on any atom is -0.444 e. The van der Waals surface area contributed by atoms with Crippen LogP contribution in [0.3, 0.4) is 0 Å². The molecule has 10 heteroatoms. The number of amides is 2. The van der Waals surface area contributed by atoms with E-state index < -0.39 is 17.7 Å². The Morgan fingerprint density at radius 2 is 2.10 bits per heavy atom. The molecule has 1 fully saturated rings. The molecule has 206 valence electrons. The second kappa shape index (κ2) is 12.6. The monoisotopic (exact) mass is 531 g/mol. The summed E-state index contributed by atoms with van der Waals surface area (Å²) in [6.07, 6.45) is 5.87. The summed E-state index contributed by atoms with van der Waals surface area (Å²) in [5, 5.41) is 9.45. The van der Waals surface area contributed by atoms with Crippen LogP contribution in [0.4, 0.5) is 22.2 Å². The smallest absolute Gasteiger partial charge is 0.410 e. The van der Waals surface area contributed by atoms with E-state index in [1.54, 1.807) is 6.20 Å². The zero-order valence-corrected chi connectivity index (χ0v) is 23.1. The molecule has 2 aliphatic rings. The van der Waals surface area contributed by atoms with Crippen LogP contribution in [0, 0.1) is 11.8 Å². The summed E-state index contributed by atoms with van der Waals surface area (Å²) in [5.41, 5.74) is 3.34. The fraction of sp³-hybridized carbons (Fsp3) is 0.483. The molecular weight excluding hydrogens is 494 g/mol. The predicted octanol–water partition coefficient (Wildman–Crippen LogP) is 4.23. The van der Waals surface area contributed by atoms with Crippen LogP contribution in [0.15, 0.2) is 29.4 Å². The van der Waals surface area contributed by atoms with Crippen LogP contribution in [0.25, 0.3) is 0 Å². The molecule has 10 nitrogen and oxygen atoms in total. The molecule has 2 amide bonds. The van der Waals surface area contributed by atoms with Gasteiger partial charge in [0, 0.05) is 38.0 Å². The fourth-order valence-electron chi connectivity index (χ4n) is 4.39. The van der Waals surface area contributed by atoms with E-state index in [0.717, 1.165) is 24.2 Å². The SMILES string of the molecule is CCNc1nc(Nc2ccc3c(c2)C=NC3)ncc1C#CCCCNC(=O)[C@@H]1CCCN1C(=O)OC(C)(C)C. The highest BCUT2D eigenvalue weighted by molar-refractivity contribution is 5.87. The molecule has 0 saturated carbocycles. The quantitative estimate of drug-likeness (QED) is 0.344. The lowest BCUT2D eigenvalue weighted by Gasteiger charge is -2.28. The Labute approximate surface area is 230 Å². The molecule has 2 aromatic rings.